The van der Waals surface area contributed by atoms with Crippen LogP contribution in [0.15, 0.2) is 34.9 Å². The lowest BCUT2D eigenvalue weighted by molar-refractivity contribution is 0.0202. The third-order valence-corrected chi connectivity index (χ3v) is 9.58. The van der Waals surface area contributed by atoms with E-state index in [0.717, 1.165) is 31.7 Å². The van der Waals surface area contributed by atoms with Crippen LogP contribution in [-0.4, -0.2) is 45.4 Å². The summed E-state index contributed by atoms with van der Waals surface area (Å²) in [5.74, 6) is -1.72. The number of fused-ring (bicyclic) bond motifs is 3. The standard InChI is InChI=1S/C28H22Cl2FN3O5S/c29-17-2-1-3-18(30)21(17)24-22(25(39-33-24)12-4-5-12)27(37)38-16-10-14-6-7-15(11-16)34(14)28-32-23-19(31)8-13(26(35)36)9-20(23)40-28/h1-3,8-9,12,14-16H,4-7,10-11H2,(H,35,36)/t14-,15+,16-. The van der Waals surface area contributed by atoms with Gasteiger partial charge in [-0.1, -0.05) is 45.8 Å². The Labute approximate surface area is 241 Å². The maximum Gasteiger partial charge on any atom is 0.344 e. The molecule has 0 amide bonds. The summed E-state index contributed by atoms with van der Waals surface area (Å²) in [7, 11) is 0. The molecule has 2 aromatic carbocycles. The lowest BCUT2D eigenvalue weighted by atomic mass is 9.99. The molecule has 3 aliphatic rings. The van der Waals surface area contributed by atoms with Crippen LogP contribution in [0.5, 0.6) is 0 Å². The van der Waals surface area contributed by atoms with Crippen molar-refractivity contribution in [2.24, 2.45) is 0 Å². The van der Waals surface area contributed by atoms with Crippen LogP contribution >= 0.6 is 34.5 Å². The number of rotatable bonds is 6. The first kappa shape index (κ1) is 25.7. The predicted octanol–water partition coefficient (Wildman–Crippen LogP) is 7.33. The number of halogens is 3. The second kappa shape index (κ2) is 9.71. The van der Waals surface area contributed by atoms with Gasteiger partial charge in [0.25, 0.3) is 0 Å². The highest BCUT2D eigenvalue weighted by molar-refractivity contribution is 7.22. The number of ether oxygens (including phenoxy) is 1. The number of carboxylic acids is 1. The molecule has 2 saturated heterocycles. The molecule has 0 unspecified atom stereocenters. The molecule has 7 rings (SSSR count). The first-order valence-electron chi connectivity index (χ1n) is 13.0. The molecule has 0 spiro atoms. The largest absolute Gasteiger partial charge is 0.478 e. The molecule has 3 fully saturated rings. The Morgan fingerprint density at radius 1 is 1.10 bits per heavy atom. The summed E-state index contributed by atoms with van der Waals surface area (Å²) in [6, 6.07) is 7.67. The highest BCUT2D eigenvalue weighted by atomic mass is 35.5. The first-order valence-corrected chi connectivity index (χ1v) is 14.6. The summed E-state index contributed by atoms with van der Waals surface area (Å²) < 4.78 is 26.8. The molecule has 4 aromatic rings. The Morgan fingerprint density at radius 2 is 1.80 bits per heavy atom. The van der Waals surface area contributed by atoms with Crippen molar-refractivity contribution in [3.63, 3.8) is 0 Å². The maximum atomic E-state index is 14.6. The zero-order valence-electron chi connectivity index (χ0n) is 20.9. The van der Waals surface area contributed by atoms with E-state index >= 15 is 0 Å². The monoisotopic (exact) mass is 601 g/mol. The SMILES string of the molecule is O=C(O)c1cc(F)c2nc(N3[C@@H]4CC[C@H]3C[C@H](OC(=O)c3c(-c5c(Cl)cccc5Cl)noc3C3CC3)C4)sc2c1. The lowest BCUT2D eigenvalue weighted by Gasteiger charge is -2.38. The molecule has 1 saturated carbocycles. The molecule has 1 N–H and O–H groups in total. The number of thiazole rings is 1. The van der Waals surface area contributed by atoms with E-state index in [1.54, 1.807) is 18.2 Å². The number of carbonyl (C=O) groups excluding carboxylic acids is 1. The van der Waals surface area contributed by atoms with E-state index in [4.69, 9.17) is 32.5 Å². The average molecular weight is 602 g/mol. The molecule has 2 aromatic heterocycles. The molecule has 40 heavy (non-hydrogen) atoms. The Balaban J connectivity index is 1.14. The van der Waals surface area contributed by atoms with Crippen molar-refractivity contribution in [1.82, 2.24) is 10.1 Å². The number of aromatic carboxylic acids is 1. The molecule has 12 heteroatoms. The molecule has 4 heterocycles. The Hall–Kier alpha value is -3.21. The minimum Gasteiger partial charge on any atom is -0.478 e. The number of carbonyl (C=O) groups is 2. The van der Waals surface area contributed by atoms with Gasteiger partial charge >= 0.3 is 11.9 Å². The van der Waals surface area contributed by atoms with Crippen LogP contribution < -0.4 is 4.90 Å². The number of nitrogens with zero attached hydrogens (tertiary/aromatic N) is 3. The Morgan fingerprint density at radius 3 is 2.45 bits per heavy atom. The van der Waals surface area contributed by atoms with Gasteiger partial charge in [-0.2, -0.15) is 0 Å². The van der Waals surface area contributed by atoms with Gasteiger partial charge in [0, 0.05) is 36.4 Å². The lowest BCUT2D eigenvalue weighted by Crippen LogP contribution is -2.46. The van der Waals surface area contributed by atoms with Crippen LogP contribution in [0.1, 0.15) is 70.9 Å². The smallest absolute Gasteiger partial charge is 0.344 e. The Bertz CT molecular complexity index is 1650. The van der Waals surface area contributed by atoms with Crippen LogP contribution in [0.3, 0.4) is 0 Å². The summed E-state index contributed by atoms with van der Waals surface area (Å²) in [5, 5.41) is 14.9. The molecule has 206 valence electrons. The van der Waals surface area contributed by atoms with Gasteiger partial charge in [-0.05, 0) is 49.9 Å². The van der Waals surface area contributed by atoms with Crippen molar-refractivity contribution in [3.8, 4) is 11.3 Å². The topological polar surface area (TPSA) is 106 Å². The maximum absolute atomic E-state index is 14.6. The number of piperidine rings is 1. The summed E-state index contributed by atoms with van der Waals surface area (Å²) in [4.78, 5) is 31.7. The summed E-state index contributed by atoms with van der Waals surface area (Å²) in [6.07, 6.45) is 4.44. The van der Waals surface area contributed by atoms with Crippen LogP contribution in [0.4, 0.5) is 9.52 Å². The van der Waals surface area contributed by atoms with Gasteiger partial charge in [0.2, 0.25) is 0 Å². The second-order valence-electron chi connectivity index (χ2n) is 10.5. The van der Waals surface area contributed by atoms with E-state index < -0.39 is 17.8 Å². The molecule has 2 aliphatic heterocycles. The fourth-order valence-electron chi connectivity index (χ4n) is 5.98. The summed E-state index contributed by atoms with van der Waals surface area (Å²) in [6.45, 7) is 0. The van der Waals surface area contributed by atoms with E-state index in [9.17, 15) is 19.1 Å². The number of anilines is 1. The highest BCUT2D eigenvalue weighted by Gasteiger charge is 2.45. The second-order valence-corrected chi connectivity index (χ2v) is 12.4. The fraction of sp³-hybridized carbons (Fsp3) is 0.357. The van der Waals surface area contributed by atoms with Gasteiger partial charge in [-0.3, -0.25) is 0 Å². The minimum atomic E-state index is -1.18. The van der Waals surface area contributed by atoms with Gasteiger partial charge in [0.1, 0.15) is 22.9 Å². The van der Waals surface area contributed by atoms with Gasteiger partial charge in [0.05, 0.1) is 20.3 Å². The minimum absolute atomic E-state index is 0.0574. The van der Waals surface area contributed by atoms with Crippen LogP contribution in [0.2, 0.25) is 10.0 Å². The van der Waals surface area contributed by atoms with Gasteiger partial charge in [-0.25, -0.2) is 19.0 Å². The van der Waals surface area contributed by atoms with E-state index in [1.807, 2.05) is 0 Å². The summed E-state index contributed by atoms with van der Waals surface area (Å²) in [5.41, 5.74) is 1.08. The number of benzene rings is 2. The molecule has 2 bridgehead atoms. The first-order chi connectivity index (χ1) is 19.3. The van der Waals surface area contributed by atoms with Crippen molar-refractivity contribution in [3.05, 3.63) is 63.1 Å². The van der Waals surface area contributed by atoms with Crippen molar-refractivity contribution in [1.29, 1.82) is 0 Å². The number of aromatic nitrogens is 2. The van der Waals surface area contributed by atoms with Crippen molar-refractivity contribution < 1.29 is 28.3 Å². The normalized spacial score (nSPS) is 22.2. The van der Waals surface area contributed by atoms with Gasteiger partial charge < -0.3 is 19.3 Å². The van der Waals surface area contributed by atoms with Gasteiger partial charge in [-0.15, -0.1) is 0 Å². The fourth-order valence-corrected chi connectivity index (χ4v) is 7.72. The number of hydrogen-bond acceptors (Lipinski definition) is 8. The molecule has 1 aliphatic carbocycles. The molecule has 3 atom stereocenters. The quantitative estimate of drug-likeness (QED) is 0.229. The third-order valence-electron chi connectivity index (χ3n) is 7.94. The highest BCUT2D eigenvalue weighted by Crippen LogP contribution is 2.47. The molecule has 0 radical (unpaired) electrons. The number of esters is 1. The van der Waals surface area contributed by atoms with Crippen molar-refractivity contribution in [2.45, 2.75) is 62.6 Å². The van der Waals surface area contributed by atoms with Crippen LogP contribution in [-0.2, 0) is 4.74 Å². The zero-order valence-corrected chi connectivity index (χ0v) is 23.2. The average Bonchev–Trinajstić information content (AvgIpc) is 3.41. The molecular formula is C28H22Cl2FN3O5S. The number of hydrogen-bond donors (Lipinski definition) is 1. The van der Waals surface area contributed by atoms with Crippen LogP contribution in [0, 0.1) is 5.82 Å². The van der Waals surface area contributed by atoms with E-state index in [0.29, 0.717) is 49.7 Å². The van der Waals surface area contributed by atoms with Crippen molar-refractivity contribution in [2.75, 3.05) is 4.90 Å². The predicted molar refractivity (Wildman–Crippen MR) is 148 cm³/mol. The van der Waals surface area contributed by atoms with E-state index in [2.05, 4.69) is 15.0 Å². The molecular weight excluding hydrogens is 580 g/mol. The Kier molecular flexibility index (Phi) is 6.25. The van der Waals surface area contributed by atoms with Crippen molar-refractivity contribution >= 4 is 61.8 Å². The third kappa shape index (κ3) is 4.33. The molecule has 8 nitrogen and oxygen atoms in total. The number of carboxylic acid groups (broad SMARTS) is 1. The van der Waals surface area contributed by atoms with Crippen LogP contribution in [0.25, 0.3) is 21.5 Å². The van der Waals surface area contributed by atoms with E-state index in [-0.39, 0.29) is 40.7 Å². The zero-order chi connectivity index (χ0) is 27.7. The summed E-state index contributed by atoms with van der Waals surface area (Å²) >= 11 is 14.2. The van der Waals surface area contributed by atoms with E-state index in [1.165, 1.54) is 17.4 Å². The van der Waals surface area contributed by atoms with Gasteiger partial charge in [0.15, 0.2) is 16.7 Å².